The van der Waals surface area contributed by atoms with E-state index < -0.39 is 0 Å². The van der Waals surface area contributed by atoms with Gasteiger partial charge in [-0.05, 0) is 36.5 Å². The van der Waals surface area contributed by atoms with Crippen molar-refractivity contribution < 1.29 is 4.74 Å². The van der Waals surface area contributed by atoms with Gasteiger partial charge in [0.2, 0.25) is 0 Å². The molecule has 1 aromatic carbocycles. The van der Waals surface area contributed by atoms with Crippen LogP contribution in [0, 0.1) is 5.92 Å². The fourth-order valence-electron chi connectivity index (χ4n) is 2.60. The van der Waals surface area contributed by atoms with Crippen molar-refractivity contribution in [3.8, 4) is 5.75 Å². The Morgan fingerprint density at radius 3 is 2.47 bits per heavy atom. The summed E-state index contributed by atoms with van der Waals surface area (Å²) in [5, 5.41) is 0. The third-order valence-corrected chi connectivity index (χ3v) is 3.69. The topological polar surface area (TPSA) is 9.23 Å². The summed E-state index contributed by atoms with van der Waals surface area (Å²) in [6.07, 6.45) is 9.31. The summed E-state index contributed by atoms with van der Waals surface area (Å²) in [5.41, 5.74) is 1.47. The second-order valence-corrected chi connectivity index (χ2v) is 5.20. The Bertz CT molecular complexity index is 309. The summed E-state index contributed by atoms with van der Waals surface area (Å²) in [4.78, 5) is 0. The highest BCUT2D eigenvalue weighted by atomic mass is 16.5. The highest BCUT2D eigenvalue weighted by Crippen LogP contribution is 2.28. The summed E-state index contributed by atoms with van der Waals surface area (Å²) in [5.74, 6) is 1.95. The first-order chi connectivity index (χ1) is 8.38. The fourth-order valence-corrected chi connectivity index (χ4v) is 2.60. The number of ether oxygens (including phenoxy) is 1. The monoisotopic (exact) mass is 232 g/mol. The van der Waals surface area contributed by atoms with E-state index in [1.165, 1.54) is 44.1 Å². The molecule has 1 aromatic rings. The van der Waals surface area contributed by atoms with Crippen LogP contribution < -0.4 is 4.74 Å². The molecule has 1 fully saturated rings. The number of benzene rings is 1. The van der Waals surface area contributed by atoms with Gasteiger partial charge in [-0.2, -0.15) is 0 Å². The normalized spacial score (nSPS) is 16.3. The SMILES string of the molecule is CCCCOc1ccc(CC2CCCC2)cc1. The van der Waals surface area contributed by atoms with Crippen molar-refractivity contribution in [3.63, 3.8) is 0 Å². The molecule has 0 unspecified atom stereocenters. The fraction of sp³-hybridized carbons (Fsp3) is 0.625. The van der Waals surface area contributed by atoms with Gasteiger partial charge in [-0.1, -0.05) is 51.2 Å². The maximum Gasteiger partial charge on any atom is 0.119 e. The average molecular weight is 232 g/mol. The molecule has 0 radical (unpaired) electrons. The standard InChI is InChI=1S/C16H24O/c1-2-3-12-17-16-10-8-15(9-11-16)13-14-6-4-5-7-14/h8-11,14H,2-7,12-13H2,1H3. The zero-order valence-corrected chi connectivity index (χ0v) is 11.0. The second-order valence-electron chi connectivity index (χ2n) is 5.20. The van der Waals surface area contributed by atoms with E-state index in [0.29, 0.717) is 0 Å². The molecule has 0 heterocycles. The summed E-state index contributed by atoms with van der Waals surface area (Å²) in [6, 6.07) is 8.72. The van der Waals surface area contributed by atoms with E-state index in [9.17, 15) is 0 Å². The van der Waals surface area contributed by atoms with E-state index >= 15 is 0 Å². The number of rotatable bonds is 6. The quantitative estimate of drug-likeness (QED) is 0.651. The predicted molar refractivity (Wildman–Crippen MR) is 72.5 cm³/mol. The van der Waals surface area contributed by atoms with Crippen LogP contribution in [0.2, 0.25) is 0 Å². The molecule has 0 bridgehead atoms. The van der Waals surface area contributed by atoms with Crippen molar-refractivity contribution in [2.45, 2.75) is 51.9 Å². The molecule has 0 amide bonds. The Morgan fingerprint density at radius 1 is 1.12 bits per heavy atom. The van der Waals surface area contributed by atoms with Crippen molar-refractivity contribution in [1.82, 2.24) is 0 Å². The lowest BCUT2D eigenvalue weighted by Gasteiger charge is -2.10. The molecular weight excluding hydrogens is 208 g/mol. The number of unbranched alkanes of at least 4 members (excludes halogenated alkanes) is 1. The van der Waals surface area contributed by atoms with Crippen LogP contribution in [0.1, 0.15) is 51.0 Å². The molecule has 0 spiro atoms. The zero-order valence-electron chi connectivity index (χ0n) is 11.0. The van der Waals surface area contributed by atoms with Gasteiger partial charge in [0.05, 0.1) is 6.61 Å². The van der Waals surface area contributed by atoms with Gasteiger partial charge in [-0.15, -0.1) is 0 Å². The number of hydrogen-bond donors (Lipinski definition) is 0. The Kier molecular flexibility index (Phi) is 4.90. The molecule has 0 aliphatic heterocycles. The van der Waals surface area contributed by atoms with E-state index in [1.807, 2.05) is 0 Å². The lowest BCUT2D eigenvalue weighted by molar-refractivity contribution is 0.309. The molecular formula is C16H24O. The molecule has 0 N–H and O–H groups in total. The van der Waals surface area contributed by atoms with Crippen LogP contribution in [-0.2, 0) is 6.42 Å². The van der Waals surface area contributed by atoms with Gasteiger partial charge < -0.3 is 4.74 Å². The van der Waals surface area contributed by atoms with Crippen LogP contribution in [-0.4, -0.2) is 6.61 Å². The molecule has 1 aliphatic carbocycles. The van der Waals surface area contributed by atoms with Gasteiger partial charge in [0.1, 0.15) is 5.75 Å². The molecule has 0 saturated heterocycles. The van der Waals surface area contributed by atoms with Crippen LogP contribution >= 0.6 is 0 Å². The van der Waals surface area contributed by atoms with E-state index in [4.69, 9.17) is 4.74 Å². The van der Waals surface area contributed by atoms with Gasteiger partial charge in [0.15, 0.2) is 0 Å². The van der Waals surface area contributed by atoms with Gasteiger partial charge >= 0.3 is 0 Å². The third kappa shape index (κ3) is 4.07. The lowest BCUT2D eigenvalue weighted by atomic mass is 9.98. The molecule has 1 nitrogen and oxygen atoms in total. The first-order valence-corrected chi connectivity index (χ1v) is 7.10. The number of hydrogen-bond acceptors (Lipinski definition) is 1. The van der Waals surface area contributed by atoms with Crippen molar-refractivity contribution in [2.24, 2.45) is 5.92 Å². The van der Waals surface area contributed by atoms with Crippen LogP contribution in [0.5, 0.6) is 5.75 Å². The molecule has 1 aliphatic rings. The molecule has 94 valence electrons. The van der Waals surface area contributed by atoms with E-state index in [1.54, 1.807) is 0 Å². The van der Waals surface area contributed by atoms with Crippen LogP contribution in [0.4, 0.5) is 0 Å². The Hall–Kier alpha value is -0.980. The van der Waals surface area contributed by atoms with E-state index in [-0.39, 0.29) is 0 Å². The Balaban J connectivity index is 1.80. The Morgan fingerprint density at radius 2 is 1.82 bits per heavy atom. The zero-order chi connectivity index (χ0) is 11.9. The molecule has 17 heavy (non-hydrogen) atoms. The molecule has 1 heteroatoms. The van der Waals surface area contributed by atoms with Crippen LogP contribution in [0.25, 0.3) is 0 Å². The lowest BCUT2D eigenvalue weighted by Crippen LogP contribution is -1.99. The highest BCUT2D eigenvalue weighted by molar-refractivity contribution is 5.27. The molecule has 2 rings (SSSR count). The third-order valence-electron chi connectivity index (χ3n) is 3.69. The molecule has 0 aromatic heterocycles. The Labute approximate surface area is 105 Å². The van der Waals surface area contributed by atoms with Gasteiger partial charge in [-0.3, -0.25) is 0 Å². The summed E-state index contributed by atoms with van der Waals surface area (Å²) >= 11 is 0. The highest BCUT2D eigenvalue weighted by Gasteiger charge is 2.15. The van der Waals surface area contributed by atoms with Gasteiger partial charge in [-0.25, -0.2) is 0 Å². The van der Waals surface area contributed by atoms with E-state index in [2.05, 4.69) is 31.2 Å². The first kappa shape index (κ1) is 12.5. The largest absolute Gasteiger partial charge is 0.494 e. The first-order valence-electron chi connectivity index (χ1n) is 7.10. The van der Waals surface area contributed by atoms with Crippen molar-refractivity contribution in [2.75, 3.05) is 6.61 Å². The summed E-state index contributed by atoms with van der Waals surface area (Å²) < 4.78 is 5.67. The molecule has 1 saturated carbocycles. The summed E-state index contributed by atoms with van der Waals surface area (Å²) in [6.45, 7) is 3.03. The van der Waals surface area contributed by atoms with Crippen LogP contribution in [0.15, 0.2) is 24.3 Å². The van der Waals surface area contributed by atoms with Crippen LogP contribution in [0.3, 0.4) is 0 Å². The smallest absolute Gasteiger partial charge is 0.119 e. The average Bonchev–Trinajstić information content (AvgIpc) is 2.85. The van der Waals surface area contributed by atoms with Crippen molar-refractivity contribution >= 4 is 0 Å². The minimum atomic E-state index is 0.846. The minimum absolute atomic E-state index is 0.846. The van der Waals surface area contributed by atoms with E-state index in [0.717, 1.165) is 24.7 Å². The van der Waals surface area contributed by atoms with Crippen molar-refractivity contribution in [3.05, 3.63) is 29.8 Å². The maximum atomic E-state index is 5.67. The summed E-state index contributed by atoms with van der Waals surface area (Å²) in [7, 11) is 0. The predicted octanol–water partition coefficient (Wildman–Crippen LogP) is 4.60. The van der Waals surface area contributed by atoms with Crippen molar-refractivity contribution in [1.29, 1.82) is 0 Å². The second kappa shape index (κ2) is 6.68. The van der Waals surface area contributed by atoms with Gasteiger partial charge in [0.25, 0.3) is 0 Å². The van der Waals surface area contributed by atoms with Gasteiger partial charge in [0, 0.05) is 0 Å². The maximum absolute atomic E-state index is 5.67. The molecule has 0 atom stereocenters. The minimum Gasteiger partial charge on any atom is -0.494 e.